The predicted octanol–water partition coefficient (Wildman–Crippen LogP) is 2.24. The molecule has 0 saturated heterocycles. The Morgan fingerprint density at radius 1 is 1.47 bits per heavy atom. The van der Waals surface area contributed by atoms with Crippen LogP contribution >= 0.6 is 11.8 Å². The summed E-state index contributed by atoms with van der Waals surface area (Å²) in [5, 5.41) is 10.7. The first-order valence-corrected chi connectivity index (χ1v) is 7.29. The summed E-state index contributed by atoms with van der Waals surface area (Å²) in [6.45, 7) is 0. The summed E-state index contributed by atoms with van der Waals surface area (Å²) < 4.78 is 0. The fourth-order valence-electron chi connectivity index (χ4n) is 2.25. The zero-order valence-electron chi connectivity index (χ0n) is 10.0. The molecule has 94 valence electrons. The van der Waals surface area contributed by atoms with E-state index in [1.165, 1.54) is 25.7 Å². The molecule has 0 aliphatic heterocycles. The number of hydrogen-bond acceptors (Lipinski definition) is 4. The smallest absolute Gasteiger partial charge is 0.123 e. The third-order valence-corrected chi connectivity index (χ3v) is 4.66. The molecular formula is C13H20N2OS. The summed E-state index contributed by atoms with van der Waals surface area (Å²) in [6.07, 6.45) is 7.44. The number of hydrogen-bond donors (Lipinski definition) is 2. The molecule has 1 heterocycles. The summed E-state index contributed by atoms with van der Waals surface area (Å²) in [5.41, 5.74) is 6.68. The molecule has 1 aliphatic carbocycles. The molecule has 0 spiro atoms. The first-order valence-electron chi connectivity index (χ1n) is 6.24. The van der Waals surface area contributed by atoms with E-state index >= 15 is 0 Å². The number of aromatic nitrogens is 1. The maximum Gasteiger partial charge on any atom is 0.123 e. The second kappa shape index (κ2) is 6.26. The van der Waals surface area contributed by atoms with Gasteiger partial charge in [0, 0.05) is 17.2 Å². The second-order valence-corrected chi connectivity index (χ2v) is 6.02. The lowest BCUT2D eigenvalue weighted by molar-refractivity contribution is 0.200. The van der Waals surface area contributed by atoms with E-state index in [9.17, 15) is 5.11 Å². The number of nitrogen functional groups attached to an aromatic ring is 1. The molecule has 2 rings (SSSR count). The van der Waals surface area contributed by atoms with Gasteiger partial charge in [0.05, 0.1) is 6.10 Å². The molecule has 3 nitrogen and oxygen atoms in total. The normalized spacial score (nSPS) is 18.4. The molecule has 1 fully saturated rings. The minimum atomic E-state index is -0.276. The fraction of sp³-hybridized carbons (Fsp3) is 0.615. The van der Waals surface area contributed by atoms with Crippen LogP contribution in [0.15, 0.2) is 18.3 Å². The van der Waals surface area contributed by atoms with Gasteiger partial charge in [-0.1, -0.05) is 12.8 Å². The first kappa shape index (κ1) is 12.7. The van der Waals surface area contributed by atoms with Gasteiger partial charge >= 0.3 is 0 Å². The molecule has 0 radical (unpaired) electrons. The van der Waals surface area contributed by atoms with Gasteiger partial charge < -0.3 is 10.8 Å². The number of pyridine rings is 1. The molecule has 17 heavy (non-hydrogen) atoms. The van der Waals surface area contributed by atoms with Gasteiger partial charge in [-0.25, -0.2) is 4.98 Å². The Bertz CT molecular complexity index is 353. The minimum Gasteiger partial charge on any atom is -0.392 e. The largest absolute Gasteiger partial charge is 0.392 e. The molecule has 1 aliphatic rings. The predicted molar refractivity (Wildman–Crippen MR) is 73.1 cm³/mol. The molecule has 1 aromatic rings. The fourth-order valence-corrected chi connectivity index (χ4v) is 3.53. The summed E-state index contributed by atoms with van der Waals surface area (Å²) in [6, 6.07) is 3.75. The zero-order chi connectivity index (χ0) is 12.1. The Hall–Kier alpha value is -0.740. The zero-order valence-corrected chi connectivity index (χ0v) is 10.8. The standard InChI is InChI=1S/C13H20N2OS/c14-13-8-10(5-6-15-13)7-11(16)9-17-12-3-1-2-4-12/h5-6,8,11-12,16H,1-4,7,9H2,(H2,14,15). The van der Waals surface area contributed by atoms with Crippen LogP contribution in [0.5, 0.6) is 0 Å². The van der Waals surface area contributed by atoms with Gasteiger partial charge in [-0.2, -0.15) is 11.8 Å². The topological polar surface area (TPSA) is 59.1 Å². The van der Waals surface area contributed by atoms with Crippen LogP contribution in [-0.4, -0.2) is 27.2 Å². The van der Waals surface area contributed by atoms with Crippen molar-refractivity contribution in [2.24, 2.45) is 0 Å². The number of anilines is 1. The summed E-state index contributed by atoms with van der Waals surface area (Å²) in [4.78, 5) is 3.95. The Morgan fingerprint density at radius 3 is 2.94 bits per heavy atom. The molecular weight excluding hydrogens is 232 g/mol. The van der Waals surface area contributed by atoms with E-state index in [4.69, 9.17) is 5.73 Å². The van der Waals surface area contributed by atoms with E-state index in [2.05, 4.69) is 4.98 Å². The Kier molecular flexibility index (Phi) is 4.68. The lowest BCUT2D eigenvalue weighted by Crippen LogP contribution is -2.15. The maximum absolute atomic E-state index is 9.97. The Labute approximate surface area is 107 Å². The van der Waals surface area contributed by atoms with Crippen LogP contribution < -0.4 is 5.73 Å². The van der Waals surface area contributed by atoms with Gasteiger partial charge in [-0.15, -0.1) is 0 Å². The molecule has 1 unspecified atom stereocenters. The Balaban J connectivity index is 1.74. The van der Waals surface area contributed by atoms with Gasteiger partial charge in [0.15, 0.2) is 0 Å². The van der Waals surface area contributed by atoms with Crippen LogP contribution in [-0.2, 0) is 6.42 Å². The lowest BCUT2D eigenvalue weighted by Gasteiger charge is -2.13. The van der Waals surface area contributed by atoms with E-state index in [1.54, 1.807) is 6.20 Å². The van der Waals surface area contributed by atoms with Crippen LogP contribution in [0.1, 0.15) is 31.2 Å². The van der Waals surface area contributed by atoms with Crippen molar-refractivity contribution >= 4 is 17.6 Å². The number of aliphatic hydroxyl groups excluding tert-OH is 1. The van der Waals surface area contributed by atoms with Crippen molar-refractivity contribution in [1.82, 2.24) is 4.98 Å². The van der Waals surface area contributed by atoms with E-state index < -0.39 is 0 Å². The maximum atomic E-state index is 9.97. The minimum absolute atomic E-state index is 0.276. The summed E-state index contributed by atoms with van der Waals surface area (Å²) in [5.74, 6) is 1.35. The van der Waals surface area contributed by atoms with E-state index in [0.717, 1.165) is 16.6 Å². The van der Waals surface area contributed by atoms with E-state index in [1.807, 2.05) is 23.9 Å². The second-order valence-electron chi connectivity index (χ2n) is 4.69. The highest BCUT2D eigenvalue weighted by molar-refractivity contribution is 7.99. The van der Waals surface area contributed by atoms with Crippen LogP contribution in [0.25, 0.3) is 0 Å². The first-order chi connectivity index (χ1) is 8.24. The van der Waals surface area contributed by atoms with Crippen molar-refractivity contribution < 1.29 is 5.11 Å². The number of aliphatic hydroxyl groups is 1. The SMILES string of the molecule is Nc1cc(CC(O)CSC2CCCC2)ccn1. The van der Waals surface area contributed by atoms with Crippen LogP contribution in [0, 0.1) is 0 Å². The third-order valence-electron chi connectivity index (χ3n) is 3.14. The number of rotatable bonds is 5. The molecule has 0 bridgehead atoms. The van der Waals surface area contributed by atoms with Crippen molar-refractivity contribution in [3.8, 4) is 0 Å². The highest BCUT2D eigenvalue weighted by Gasteiger charge is 2.17. The van der Waals surface area contributed by atoms with Gasteiger partial charge in [-0.3, -0.25) is 0 Å². The van der Waals surface area contributed by atoms with Crippen molar-refractivity contribution in [3.63, 3.8) is 0 Å². The molecule has 1 saturated carbocycles. The third kappa shape index (κ3) is 4.21. The van der Waals surface area contributed by atoms with Crippen LogP contribution in [0.2, 0.25) is 0 Å². The van der Waals surface area contributed by atoms with Gasteiger partial charge in [0.25, 0.3) is 0 Å². The van der Waals surface area contributed by atoms with E-state index in [-0.39, 0.29) is 6.10 Å². The highest BCUT2D eigenvalue weighted by Crippen LogP contribution is 2.29. The van der Waals surface area contributed by atoms with Gasteiger partial charge in [0.1, 0.15) is 5.82 Å². The number of thioether (sulfide) groups is 1. The average molecular weight is 252 g/mol. The molecule has 1 aromatic heterocycles. The lowest BCUT2D eigenvalue weighted by atomic mass is 10.1. The van der Waals surface area contributed by atoms with Crippen molar-refractivity contribution in [2.45, 2.75) is 43.5 Å². The van der Waals surface area contributed by atoms with Crippen molar-refractivity contribution in [2.75, 3.05) is 11.5 Å². The van der Waals surface area contributed by atoms with E-state index in [0.29, 0.717) is 12.2 Å². The molecule has 1 atom stereocenters. The van der Waals surface area contributed by atoms with Crippen LogP contribution in [0.4, 0.5) is 5.82 Å². The highest BCUT2D eigenvalue weighted by atomic mass is 32.2. The summed E-state index contributed by atoms with van der Waals surface area (Å²) >= 11 is 1.92. The number of nitrogens with two attached hydrogens (primary N) is 1. The monoisotopic (exact) mass is 252 g/mol. The average Bonchev–Trinajstić information content (AvgIpc) is 2.79. The van der Waals surface area contributed by atoms with Crippen molar-refractivity contribution in [3.05, 3.63) is 23.9 Å². The van der Waals surface area contributed by atoms with Crippen LogP contribution in [0.3, 0.4) is 0 Å². The number of nitrogens with zero attached hydrogens (tertiary/aromatic N) is 1. The molecule has 4 heteroatoms. The quantitative estimate of drug-likeness (QED) is 0.844. The molecule has 0 amide bonds. The molecule has 3 N–H and O–H groups in total. The van der Waals surface area contributed by atoms with Gasteiger partial charge in [-0.05, 0) is 37.0 Å². The van der Waals surface area contributed by atoms with Gasteiger partial charge in [0.2, 0.25) is 0 Å². The Morgan fingerprint density at radius 2 is 2.24 bits per heavy atom. The molecule has 0 aromatic carbocycles. The summed E-state index contributed by atoms with van der Waals surface area (Å²) in [7, 11) is 0. The van der Waals surface area contributed by atoms with Crippen molar-refractivity contribution in [1.29, 1.82) is 0 Å².